The minimum absolute atomic E-state index is 0.137. The van der Waals surface area contributed by atoms with Crippen LogP contribution in [0.1, 0.15) is 43.5 Å². The molecule has 4 heteroatoms. The van der Waals surface area contributed by atoms with E-state index < -0.39 is 0 Å². The van der Waals surface area contributed by atoms with Gasteiger partial charge in [-0.2, -0.15) is 5.26 Å². The van der Waals surface area contributed by atoms with Crippen molar-refractivity contribution >= 4 is 5.82 Å². The number of rotatable bonds is 6. The molecule has 0 saturated carbocycles. The van der Waals surface area contributed by atoms with Crippen LogP contribution in [0.2, 0.25) is 0 Å². The average molecular weight is 275 g/mol. The van der Waals surface area contributed by atoms with Crippen LogP contribution < -0.4 is 4.90 Å². The first-order valence-corrected chi connectivity index (χ1v) is 7.13. The predicted octanol–water partition coefficient (Wildman–Crippen LogP) is 2.81. The minimum Gasteiger partial charge on any atom is -0.396 e. The molecule has 1 rings (SSSR count). The molecule has 1 aromatic rings. The summed E-state index contributed by atoms with van der Waals surface area (Å²) in [5.74, 6) is 0.704. The van der Waals surface area contributed by atoms with Gasteiger partial charge >= 0.3 is 0 Å². The second-order valence-corrected chi connectivity index (χ2v) is 5.59. The third kappa shape index (κ3) is 3.29. The zero-order valence-electron chi connectivity index (χ0n) is 13.2. The number of aromatic nitrogens is 1. The van der Waals surface area contributed by atoms with E-state index in [0.717, 1.165) is 24.1 Å². The van der Waals surface area contributed by atoms with Gasteiger partial charge in [0.2, 0.25) is 0 Å². The number of hydrogen-bond donors (Lipinski definition) is 1. The summed E-state index contributed by atoms with van der Waals surface area (Å²) in [6.07, 6.45) is 1.80. The highest BCUT2D eigenvalue weighted by Gasteiger charge is 2.28. The van der Waals surface area contributed by atoms with Crippen LogP contribution in [0, 0.1) is 30.6 Å². The number of aliphatic hydroxyl groups excluding tert-OH is 1. The maximum atomic E-state index is 9.69. The first-order chi connectivity index (χ1) is 9.42. The quantitative estimate of drug-likeness (QED) is 0.867. The van der Waals surface area contributed by atoms with Crippen molar-refractivity contribution in [2.24, 2.45) is 5.41 Å². The second-order valence-electron chi connectivity index (χ2n) is 5.59. The van der Waals surface area contributed by atoms with Gasteiger partial charge in [0, 0.05) is 24.7 Å². The van der Waals surface area contributed by atoms with Crippen molar-refractivity contribution < 1.29 is 5.11 Å². The van der Waals surface area contributed by atoms with Gasteiger partial charge in [-0.05, 0) is 38.3 Å². The van der Waals surface area contributed by atoms with Gasteiger partial charge in [-0.1, -0.05) is 13.8 Å². The molecule has 0 saturated heterocycles. The summed E-state index contributed by atoms with van der Waals surface area (Å²) in [4.78, 5) is 6.55. The number of anilines is 1. The molecule has 4 nitrogen and oxygen atoms in total. The van der Waals surface area contributed by atoms with Crippen molar-refractivity contribution in [3.05, 3.63) is 22.9 Å². The van der Waals surface area contributed by atoms with Crippen molar-refractivity contribution in [2.45, 2.75) is 40.5 Å². The largest absolute Gasteiger partial charge is 0.396 e. The minimum atomic E-state index is -0.137. The maximum absolute atomic E-state index is 9.69. The van der Waals surface area contributed by atoms with Gasteiger partial charge in [0.1, 0.15) is 11.9 Å². The molecule has 20 heavy (non-hydrogen) atoms. The van der Waals surface area contributed by atoms with Gasteiger partial charge in [-0.3, -0.25) is 0 Å². The highest BCUT2D eigenvalue weighted by atomic mass is 16.3. The monoisotopic (exact) mass is 275 g/mol. The van der Waals surface area contributed by atoms with E-state index in [4.69, 9.17) is 0 Å². The van der Waals surface area contributed by atoms with Crippen LogP contribution in [0.15, 0.2) is 6.07 Å². The fraction of sp³-hybridized carbons (Fsp3) is 0.625. The number of pyridine rings is 1. The number of aryl methyl sites for hydroxylation is 2. The number of hydrogen-bond acceptors (Lipinski definition) is 4. The van der Waals surface area contributed by atoms with Crippen molar-refractivity contribution in [3.8, 4) is 6.07 Å². The molecule has 0 atom stereocenters. The van der Waals surface area contributed by atoms with E-state index in [2.05, 4.69) is 24.9 Å². The molecule has 1 aromatic heterocycles. The molecule has 0 aromatic carbocycles. The Bertz CT molecular complexity index is 493. The molecule has 0 unspecified atom stereocenters. The Morgan fingerprint density at radius 1 is 1.35 bits per heavy atom. The first kappa shape index (κ1) is 16.5. The van der Waals surface area contributed by atoms with Crippen LogP contribution in [0.5, 0.6) is 0 Å². The molecule has 0 bridgehead atoms. The molecular formula is C16H25N3O. The SMILES string of the molecule is CCC(CC)(CO)CN(C)c1nc(C)c(C)cc1C#N. The zero-order chi connectivity index (χ0) is 15.3. The molecule has 110 valence electrons. The summed E-state index contributed by atoms with van der Waals surface area (Å²) < 4.78 is 0. The molecule has 1 heterocycles. The van der Waals surface area contributed by atoms with Gasteiger partial charge in [-0.15, -0.1) is 0 Å². The Balaban J connectivity index is 3.12. The summed E-state index contributed by atoms with van der Waals surface area (Å²) in [5, 5.41) is 19.0. The molecular weight excluding hydrogens is 250 g/mol. The van der Waals surface area contributed by atoms with Crippen LogP contribution in [0.25, 0.3) is 0 Å². The number of nitrogens with zero attached hydrogens (tertiary/aromatic N) is 3. The van der Waals surface area contributed by atoms with E-state index in [-0.39, 0.29) is 12.0 Å². The zero-order valence-corrected chi connectivity index (χ0v) is 13.2. The van der Waals surface area contributed by atoms with Gasteiger partial charge in [-0.25, -0.2) is 4.98 Å². The molecule has 0 radical (unpaired) electrons. The van der Waals surface area contributed by atoms with Crippen LogP contribution >= 0.6 is 0 Å². The number of nitriles is 1. The third-order valence-corrected chi connectivity index (χ3v) is 4.34. The standard InChI is InChI=1S/C16H25N3O/c1-6-16(7-2,11-20)10-19(5)15-14(9-17)8-12(3)13(4)18-15/h8,20H,6-7,10-11H2,1-5H3. The summed E-state index contributed by atoms with van der Waals surface area (Å²) in [7, 11) is 1.94. The van der Waals surface area contributed by atoms with Crippen molar-refractivity contribution in [2.75, 3.05) is 25.1 Å². The van der Waals surface area contributed by atoms with Gasteiger partial charge in [0.25, 0.3) is 0 Å². The fourth-order valence-electron chi connectivity index (χ4n) is 2.39. The van der Waals surface area contributed by atoms with Crippen molar-refractivity contribution in [1.29, 1.82) is 5.26 Å². The molecule has 0 amide bonds. The molecule has 0 aliphatic carbocycles. The van der Waals surface area contributed by atoms with Crippen molar-refractivity contribution in [3.63, 3.8) is 0 Å². The summed E-state index contributed by atoms with van der Waals surface area (Å²) >= 11 is 0. The first-order valence-electron chi connectivity index (χ1n) is 7.13. The lowest BCUT2D eigenvalue weighted by Gasteiger charge is -2.35. The Kier molecular flexibility index (Phi) is 5.52. The van der Waals surface area contributed by atoms with Crippen LogP contribution in [0.3, 0.4) is 0 Å². The van der Waals surface area contributed by atoms with Crippen LogP contribution in [0.4, 0.5) is 5.82 Å². The van der Waals surface area contributed by atoms with E-state index in [0.29, 0.717) is 17.9 Å². The lowest BCUT2D eigenvalue weighted by atomic mass is 9.82. The molecule has 0 aliphatic rings. The molecule has 1 N–H and O–H groups in total. The van der Waals surface area contributed by atoms with E-state index in [1.807, 2.05) is 31.9 Å². The predicted molar refractivity (Wildman–Crippen MR) is 81.8 cm³/mol. The topological polar surface area (TPSA) is 60.1 Å². The van der Waals surface area contributed by atoms with E-state index in [1.165, 1.54) is 0 Å². The smallest absolute Gasteiger partial charge is 0.146 e. The highest BCUT2D eigenvalue weighted by molar-refractivity contribution is 5.55. The van der Waals surface area contributed by atoms with E-state index in [9.17, 15) is 10.4 Å². The lowest BCUT2D eigenvalue weighted by molar-refractivity contribution is 0.121. The summed E-state index contributed by atoms with van der Waals surface area (Å²) in [6.45, 7) is 8.94. The Hall–Kier alpha value is -1.60. The summed E-state index contributed by atoms with van der Waals surface area (Å²) in [6, 6.07) is 4.10. The molecule has 0 aliphatic heterocycles. The van der Waals surface area contributed by atoms with E-state index >= 15 is 0 Å². The molecule has 0 fully saturated rings. The fourth-order valence-corrected chi connectivity index (χ4v) is 2.39. The summed E-state index contributed by atoms with van der Waals surface area (Å²) in [5.41, 5.74) is 2.42. The Morgan fingerprint density at radius 2 is 1.95 bits per heavy atom. The molecule has 0 spiro atoms. The van der Waals surface area contributed by atoms with Gasteiger partial charge in [0.15, 0.2) is 0 Å². The third-order valence-electron chi connectivity index (χ3n) is 4.34. The van der Waals surface area contributed by atoms with Gasteiger partial charge in [0.05, 0.1) is 12.2 Å². The Morgan fingerprint density at radius 3 is 2.40 bits per heavy atom. The Labute approximate surface area is 122 Å². The lowest BCUT2D eigenvalue weighted by Crippen LogP contribution is -2.38. The normalized spacial score (nSPS) is 11.2. The number of aliphatic hydroxyl groups is 1. The maximum Gasteiger partial charge on any atom is 0.146 e. The second kappa shape index (κ2) is 6.71. The van der Waals surface area contributed by atoms with Gasteiger partial charge < -0.3 is 10.0 Å². The van der Waals surface area contributed by atoms with Crippen LogP contribution in [-0.2, 0) is 0 Å². The van der Waals surface area contributed by atoms with Crippen molar-refractivity contribution in [1.82, 2.24) is 4.98 Å². The highest BCUT2D eigenvalue weighted by Crippen LogP contribution is 2.29. The van der Waals surface area contributed by atoms with Crippen LogP contribution in [-0.4, -0.2) is 30.3 Å². The van der Waals surface area contributed by atoms with E-state index in [1.54, 1.807) is 0 Å². The average Bonchev–Trinajstić information content (AvgIpc) is 2.47.